The zero-order valence-corrected chi connectivity index (χ0v) is 13.1. The Morgan fingerprint density at radius 2 is 1.81 bits per heavy atom. The maximum absolute atomic E-state index is 12.1. The second kappa shape index (κ2) is 6.47. The molecule has 0 unspecified atom stereocenters. The fourth-order valence-electron chi connectivity index (χ4n) is 1.88. The molecule has 2 N–H and O–H groups in total. The Balaban J connectivity index is 2.02. The third kappa shape index (κ3) is 4.20. The predicted octanol–water partition coefficient (Wildman–Crippen LogP) is 2.88. The maximum atomic E-state index is 12.1. The van der Waals surface area contributed by atoms with E-state index in [-0.39, 0.29) is 17.2 Å². The Morgan fingerprint density at radius 1 is 1.14 bits per heavy atom. The summed E-state index contributed by atoms with van der Waals surface area (Å²) in [5.74, 6) is 0.105. The van der Waals surface area contributed by atoms with Gasteiger partial charge in [0.2, 0.25) is 10.0 Å². The van der Waals surface area contributed by atoms with Crippen LogP contribution in [-0.4, -0.2) is 20.1 Å². The fraction of sp³-hybridized carbons (Fsp3) is 0.200. The van der Waals surface area contributed by atoms with Crippen molar-refractivity contribution >= 4 is 21.6 Å². The number of phenolic OH excluding ortho intramolecular Hbond substituents is 1. The molecule has 0 amide bonds. The van der Waals surface area contributed by atoms with Crippen molar-refractivity contribution < 1.29 is 13.5 Å². The highest BCUT2D eigenvalue weighted by atomic mass is 35.5. The van der Waals surface area contributed by atoms with Crippen LogP contribution in [0.2, 0.25) is 5.02 Å². The highest BCUT2D eigenvalue weighted by molar-refractivity contribution is 7.89. The molecule has 2 aromatic rings. The van der Waals surface area contributed by atoms with Gasteiger partial charge in [-0.15, -0.1) is 0 Å². The van der Waals surface area contributed by atoms with Crippen molar-refractivity contribution in [3.63, 3.8) is 0 Å². The number of benzene rings is 2. The SMILES string of the molecule is Cc1ccc(S(=O)(=O)NCCc2cc(Cl)ccc2O)cc1. The van der Waals surface area contributed by atoms with E-state index in [2.05, 4.69) is 4.72 Å². The molecule has 2 rings (SSSR count). The van der Waals surface area contributed by atoms with E-state index in [0.29, 0.717) is 17.0 Å². The number of sulfonamides is 1. The van der Waals surface area contributed by atoms with Crippen LogP contribution >= 0.6 is 11.6 Å². The van der Waals surface area contributed by atoms with Gasteiger partial charge in [-0.1, -0.05) is 29.3 Å². The zero-order valence-electron chi connectivity index (χ0n) is 11.5. The van der Waals surface area contributed by atoms with E-state index in [9.17, 15) is 13.5 Å². The summed E-state index contributed by atoms with van der Waals surface area (Å²) in [6.45, 7) is 2.08. The smallest absolute Gasteiger partial charge is 0.240 e. The minimum Gasteiger partial charge on any atom is -0.508 e. The van der Waals surface area contributed by atoms with Crippen LogP contribution in [-0.2, 0) is 16.4 Å². The quantitative estimate of drug-likeness (QED) is 0.888. The number of hydrogen-bond donors (Lipinski definition) is 2. The van der Waals surface area contributed by atoms with Gasteiger partial charge in [0.05, 0.1) is 4.90 Å². The number of phenols is 1. The van der Waals surface area contributed by atoms with Crippen molar-refractivity contribution in [3.05, 3.63) is 58.6 Å². The van der Waals surface area contributed by atoms with Gasteiger partial charge < -0.3 is 5.11 Å². The monoisotopic (exact) mass is 325 g/mol. The van der Waals surface area contributed by atoms with Gasteiger partial charge in [0.15, 0.2) is 0 Å². The molecule has 0 bridgehead atoms. The Bertz CT molecular complexity index is 727. The summed E-state index contributed by atoms with van der Waals surface area (Å²) in [5.41, 5.74) is 1.60. The van der Waals surface area contributed by atoms with E-state index in [0.717, 1.165) is 5.56 Å². The molecule has 21 heavy (non-hydrogen) atoms. The number of halogens is 1. The van der Waals surface area contributed by atoms with Crippen LogP contribution in [0.15, 0.2) is 47.4 Å². The van der Waals surface area contributed by atoms with E-state index in [1.165, 1.54) is 6.07 Å². The number of aromatic hydroxyl groups is 1. The maximum Gasteiger partial charge on any atom is 0.240 e. The van der Waals surface area contributed by atoms with Crippen LogP contribution in [0.25, 0.3) is 0 Å². The highest BCUT2D eigenvalue weighted by Gasteiger charge is 2.13. The van der Waals surface area contributed by atoms with E-state index in [1.54, 1.807) is 36.4 Å². The molecular formula is C15H16ClNO3S. The number of nitrogens with one attached hydrogen (secondary N) is 1. The fourth-order valence-corrected chi connectivity index (χ4v) is 3.10. The molecule has 0 aliphatic carbocycles. The van der Waals surface area contributed by atoms with Crippen molar-refractivity contribution in [2.75, 3.05) is 6.54 Å². The Hall–Kier alpha value is -1.56. The average Bonchev–Trinajstić information content (AvgIpc) is 2.43. The van der Waals surface area contributed by atoms with Gasteiger partial charge in [-0.25, -0.2) is 13.1 Å². The van der Waals surface area contributed by atoms with Crippen molar-refractivity contribution in [2.24, 2.45) is 0 Å². The summed E-state index contributed by atoms with van der Waals surface area (Å²) >= 11 is 5.85. The lowest BCUT2D eigenvalue weighted by molar-refractivity contribution is 0.467. The third-order valence-electron chi connectivity index (χ3n) is 3.06. The lowest BCUT2D eigenvalue weighted by Gasteiger charge is -2.08. The van der Waals surface area contributed by atoms with Crippen LogP contribution in [0, 0.1) is 6.92 Å². The number of hydrogen-bond acceptors (Lipinski definition) is 3. The first-order chi connectivity index (χ1) is 9.88. The molecule has 4 nitrogen and oxygen atoms in total. The first-order valence-electron chi connectivity index (χ1n) is 6.42. The Kier molecular flexibility index (Phi) is 4.88. The van der Waals surface area contributed by atoms with Crippen LogP contribution < -0.4 is 4.72 Å². The Morgan fingerprint density at radius 3 is 2.48 bits per heavy atom. The number of rotatable bonds is 5. The molecule has 0 fully saturated rings. The molecular weight excluding hydrogens is 310 g/mol. The van der Waals surface area contributed by atoms with Crippen LogP contribution in [0.4, 0.5) is 0 Å². The van der Waals surface area contributed by atoms with E-state index in [1.807, 2.05) is 6.92 Å². The summed E-state index contributed by atoms with van der Waals surface area (Å²) in [7, 11) is -3.53. The standard InChI is InChI=1S/C15H16ClNO3S/c1-11-2-5-14(6-3-11)21(19,20)17-9-8-12-10-13(16)4-7-15(12)18/h2-7,10,17-18H,8-9H2,1H3. The van der Waals surface area contributed by atoms with Gasteiger partial charge in [-0.3, -0.25) is 0 Å². The summed E-state index contributed by atoms with van der Waals surface area (Å²) < 4.78 is 26.7. The number of aryl methyl sites for hydroxylation is 1. The molecule has 0 saturated heterocycles. The van der Waals surface area contributed by atoms with Gasteiger partial charge in [0, 0.05) is 11.6 Å². The van der Waals surface area contributed by atoms with Gasteiger partial charge in [-0.05, 0) is 49.2 Å². The third-order valence-corrected chi connectivity index (χ3v) is 4.77. The van der Waals surface area contributed by atoms with Gasteiger partial charge in [0.1, 0.15) is 5.75 Å². The molecule has 112 valence electrons. The molecule has 0 aliphatic heterocycles. The summed E-state index contributed by atoms with van der Waals surface area (Å²) in [4.78, 5) is 0.225. The minimum absolute atomic E-state index is 0.105. The van der Waals surface area contributed by atoms with Crippen molar-refractivity contribution in [3.8, 4) is 5.75 Å². The Labute approximate surface area is 129 Å². The molecule has 0 aromatic heterocycles. The lowest BCUT2D eigenvalue weighted by Crippen LogP contribution is -2.26. The second-order valence-electron chi connectivity index (χ2n) is 4.73. The second-order valence-corrected chi connectivity index (χ2v) is 6.94. The molecule has 6 heteroatoms. The molecule has 0 heterocycles. The first-order valence-corrected chi connectivity index (χ1v) is 8.28. The van der Waals surface area contributed by atoms with E-state index < -0.39 is 10.0 Å². The van der Waals surface area contributed by atoms with Crippen LogP contribution in [0.5, 0.6) is 5.75 Å². The molecule has 0 saturated carbocycles. The van der Waals surface area contributed by atoms with Crippen LogP contribution in [0.3, 0.4) is 0 Å². The molecule has 0 aliphatic rings. The molecule has 0 spiro atoms. The van der Waals surface area contributed by atoms with E-state index >= 15 is 0 Å². The average molecular weight is 326 g/mol. The lowest BCUT2D eigenvalue weighted by atomic mass is 10.1. The van der Waals surface area contributed by atoms with Gasteiger partial charge >= 0.3 is 0 Å². The van der Waals surface area contributed by atoms with Crippen LogP contribution in [0.1, 0.15) is 11.1 Å². The van der Waals surface area contributed by atoms with E-state index in [4.69, 9.17) is 11.6 Å². The molecule has 2 aromatic carbocycles. The largest absolute Gasteiger partial charge is 0.508 e. The summed E-state index contributed by atoms with van der Waals surface area (Å²) in [6.07, 6.45) is 0.359. The predicted molar refractivity (Wildman–Crippen MR) is 83.2 cm³/mol. The highest BCUT2D eigenvalue weighted by Crippen LogP contribution is 2.21. The molecule has 0 radical (unpaired) electrons. The van der Waals surface area contributed by atoms with Gasteiger partial charge in [0.25, 0.3) is 0 Å². The van der Waals surface area contributed by atoms with Crippen molar-refractivity contribution in [1.29, 1.82) is 0 Å². The normalized spacial score (nSPS) is 11.5. The first kappa shape index (κ1) is 15.8. The summed E-state index contributed by atoms with van der Waals surface area (Å²) in [6, 6.07) is 11.3. The van der Waals surface area contributed by atoms with Gasteiger partial charge in [-0.2, -0.15) is 0 Å². The topological polar surface area (TPSA) is 66.4 Å². The molecule has 0 atom stereocenters. The van der Waals surface area contributed by atoms with Crippen molar-refractivity contribution in [1.82, 2.24) is 4.72 Å². The van der Waals surface area contributed by atoms with Crippen molar-refractivity contribution in [2.45, 2.75) is 18.2 Å². The summed E-state index contributed by atoms with van der Waals surface area (Å²) in [5, 5.41) is 10.2. The zero-order chi connectivity index (χ0) is 15.5. The minimum atomic E-state index is -3.53.